The summed E-state index contributed by atoms with van der Waals surface area (Å²) in [5.41, 5.74) is 0.718. The number of likely N-dealkylation sites (tertiary alicyclic amines) is 1. The molecule has 2 atom stereocenters. The van der Waals surface area contributed by atoms with E-state index >= 15 is 8.78 Å². The smallest absolute Gasteiger partial charge is 0.380 e. The predicted molar refractivity (Wildman–Crippen MR) is 120 cm³/mol. The second-order valence-electron chi connectivity index (χ2n) is 8.66. The lowest BCUT2D eigenvalue weighted by Gasteiger charge is -2.30. The first kappa shape index (κ1) is 22.6. The molecule has 1 aromatic heterocycles. The van der Waals surface area contributed by atoms with Gasteiger partial charge in [-0.25, -0.2) is 0 Å². The molecule has 9 heteroatoms. The number of alkyl halides is 2. The van der Waals surface area contributed by atoms with Crippen molar-refractivity contribution < 1.29 is 32.6 Å². The van der Waals surface area contributed by atoms with Crippen LogP contribution in [0, 0.1) is 0 Å². The first-order valence-corrected chi connectivity index (χ1v) is 11.4. The molecule has 3 heterocycles. The van der Waals surface area contributed by atoms with Crippen LogP contribution in [0.4, 0.5) is 8.78 Å². The first-order chi connectivity index (χ1) is 16.4. The number of fused-ring (bicyclic) bond motifs is 2. The SMILES string of the molecule is O=C(NC(CN1CCCC1)C(O)c1ccc2c(c1)OCCO2)C(F)(F)c1cc2ccccc2o1. The zero-order valence-corrected chi connectivity index (χ0v) is 18.5. The quantitative estimate of drug-likeness (QED) is 0.547. The van der Waals surface area contributed by atoms with Crippen molar-refractivity contribution >= 4 is 16.9 Å². The van der Waals surface area contributed by atoms with Gasteiger partial charge in [0.1, 0.15) is 24.9 Å². The lowest BCUT2D eigenvalue weighted by atomic mass is 10.0. The van der Waals surface area contributed by atoms with E-state index in [-0.39, 0.29) is 12.1 Å². The average Bonchev–Trinajstić information content (AvgIpc) is 3.53. The fourth-order valence-corrected chi connectivity index (χ4v) is 4.45. The molecule has 5 rings (SSSR count). The highest BCUT2D eigenvalue weighted by atomic mass is 19.3. The Morgan fingerprint density at radius 1 is 1.06 bits per heavy atom. The van der Waals surface area contributed by atoms with Gasteiger partial charge in [-0.3, -0.25) is 4.79 Å². The van der Waals surface area contributed by atoms with Crippen molar-refractivity contribution in [3.05, 3.63) is 59.9 Å². The molecular weight excluding hydrogens is 446 g/mol. The van der Waals surface area contributed by atoms with Crippen LogP contribution in [0.25, 0.3) is 11.0 Å². The summed E-state index contributed by atoms with van der Waals surface area (Å²) in [5, 5.41) is 14.0. The Morgan fingerprint density at radius 3 is 2.56 bits per heavy atom. The molecule has 3 aromatic rings. The van der Waals surface area contributed by atoms with Gasteiger partial charge in [0.05, 0.1) is 6.04 Å². The summed E-state index contributed by atoms with van der Waals surface area (Å²) < 4.78 is 46.6. The second kappa shape index (κ2) is 9.23. The largest absolute Gasteiger partial charge is 0.486 e. The van der Waals surface area contributed by atoms with Crippen molar-refractivity contribution in [1.29, 1.82) is 0 Å². The molecule has 7 nitrogen and oxygen atoms in total. The van der Waals surface area contributed by atoms with E-state index in [0.717, 1.165) is 25.9 Å². The maximum absolute atomic E-state index is 15.1. The number of para-hydroxylation sites is 1. The van der Waals surface area contributed by atoms with Gasteiger partial charge in [-0.05, 0) is 55.8 Å². The van der Waals surface area contributed by atoms with Crippen LogP contribution in [-0.2, 0) is 10.7 Å². The van der Waals surface area contributed by atoms with Crippen molar-refractivity contribution in [2.45, 2.75) is 30.9 Å². The number of nitrogens with zero attached hydrogens (tertiary/aromatic N) is 1. The van der Waals surface area contributed by atoms with Gasteiger partial charge in [-0.2, -0.15) is 8.78 Å². The fraction of sp³-hybridized carbons (Fsp3) is 0.400. The number of nitrogens with one attached hydrogen (secondary N) is 1. The molecule has 34 heavy (non-hydrogen) atoms. The van der Waals surface area contributed by atoms with Crippen molar-refractivity contribution in [3.63, 3.8) is 0 Å². The minimum Gasteiger partial charge on any atom is -0.486 e. The predicted octanol–water partition coefficient (Wildman–Crippen LogP) is 3.61. The summed E-state index contributed by atoms with van der Waals surface area (Å²) in [7, 11) is 0. The highest BCUT2D eigenvalue weighted by molar-refractivity contribution is 5.87. The van der Waals surface area contributed by atoms with Gasteiger partial charge in [-0.1, -0.05) is 24.3 Å². The third-order valence-corrected chi connectivity index (χ3v) is 6.28. The number of hydrogen-bond donors (Lipinski definition) is 2. The Hall–Kier alpha value is -3.17. The van der Waals surface area contributed by atoms with Crippen molar-refractivity contribution in [2.75, 3.05) is 32.8 Å². The minimum absolute atomic E-state index is 0.234. The lowest BCUT2D eigenvalue weighted by molar-refractivity contribution is -0.151. The lowest BCUT2D eigenvalue weighted by Crippen LogP contribution is -2.50. The normalized spacial score (nSPS) is 18.1. The Kier molecular flexibility index (Phi) is 6.14. The number of halogens is 2. The zero-order valence-electron chi connectivity index (χ0n) is 18.5. The van der Waals surface area contributed by atoms with Gasteiger partial charge >= 0.3 is 5.92 Å². The van der Waals surface area contributed by atoms with Crippen LogP contribution in [0.3, 0.4) is 0 Å². The number of ether oxygens (including phenoxy) is 2. The van der Waals surface area contributed by atoms with E-state index in [9.17, 15) is 9.90 Å². The third-order valence-electron chi connectivity index (χ3n) is 6.28. The van der Waals surface area contributed by atoms with E-state index in [2.05, 4.69) is 5.32 Å². The van der Waals surface area contributed by atoms with E-state index in [4.69, 9.17) is 13.9 Å². The molecule has 180 valence electrons. The third kappa shape index (κ3) is 4.45. The summed E-state index contributed by atoms with van der Waals surface area (Å²) in [6.07, 6.45) is 0.734. The van der Waals surface area contributed by atoms with Gasteiger partial charge in [0, 0.05) is 11.9 Å². The van der Waals surface area contributed by atoms with E-state index in [0.29, 0.717) is 35.7 Å². The average molecular weight is 472 g/mol. The van der Waals surface area contributed by atoms with Crippen LogP contribution in [-0.4, -0.2) is 54.8 Å². The number of furan rings is 1. The highest BCUT2D eigenvalue weighted by Gasteiger charge is 2.46. The number of amides is 1. The van der Waals surface area contributed by atoms with Crippen molar-refractivity contribution in [2.24, 2.45) is 0 Å². The number of benzene rings is 2. The topological polar surface area (TPSA) is 84.2 Å². The monoisotopic (exact) mass is 472 g/mol. The maximum atomic E-state index is 15.1. The van der Waals surface area contributed by atoms with Gasteiger partial charge in [-0.15, -0.1) is 0 Å². The molecule has 1 fully saturated rings. The number of hydrogen-bond acceptors (Lipinski definition) is 6. The van der Waals surface area contributed by atoms with Crippen LogP contribution in [0.15, 0.2) is 52.9 Å². The Balaban J connectivity index is 1.39. The minimum atomic E-state index is -3.91. The number of aliphatic hydroxyl groups excluding tert-OH is 1. The van der Waals surface area contributed by atoms with Gasteiger partial charge in [0.25, 0.3) is 5.91 Å². The molecule has 0 aliphatic carbocycles. The molecule has 2 unspecified atom stereocenters. The molecule has 0 bridgehead atoms. The molecule has 0 spiro atoms. The number of carbonyl (C=O) groups is 1. The van der Waals surface area contributed by atoms with E-state index in [1.807, 2.05) is 4.90 Å². The summed E-state index contributed by atoms with van der Waals surface area (Å²) in [6.45, 7) is 2.60. The summed E-state index contributed by atoms with van der Waals surface area (Å²) >= 11 is 0. The van der Waals surface area contributed by atoms with Crippen LogP contribution in [0.2, 0.25) is 0 Å². The van der Waals surface area contributed by atoms with Crippen LogP contribution in [0.5, 0.6) is 11.5 Å². The molecule has 2 N–H and O–H groups in total. The molecule has 0 radical (unpaired) electrons. The second-order valence-corrected chi connectivity index (χ2v) is 8.66. The fourth-order valence-electron chi connectivity index (χ4n) is 4.45. The van der Waals surface area contributed by atoms with E-state index in [1.165, 1.54) is 6.07 Å². The highest BCUT2D eigenvalue weighted by Crippen LogP contribution is 2.35. The Labute approximate surface area is 195 Å². The number of rotatable bonds is 7. The molecule has 0 saturated carbocycles. The summed E-state index contributed by atoms with van der Waals surface area (Å²) in [5.74, 6) is -5.14. The standard InChI is InChI=1S/C25H26F2N2O5/c26-25(27,22-14-16-5-1-2-6-19(16)34-22)24(31)28-18(15-29-9-3-4-10-29)23(30)17-7-8-20-21(13-17)33-12-11-32-20/h1-2,5-8,13-14,18,23,30H,3-4,9-12,15H2,(H,28,31). The van der Waals surface area contributed by atoms with Gasteiger partial charge < -0.3 is 29.2 Å². The summed E-state index contributed by atoms with van der Waals surface area (Å²) in [6, 6.07) is 11.7. The van der Waals surface area contributed by atoms with Crippen molar-refractivity contribution in [3.8, 4) is 11.5 Å². The van der Waals surface area contributed by atoms with Crippen LogP contribution < -0.4 is 14.8 Å². The van der Waals surface area contributed by atoms with Crippen LogP contribution >= 0.6 is 0 Å². The van der Waals surface area contributed by atoms with Gasteiger partial charge in [0.15, 0.2) is 17.3 Å². The van der Waals surface area contributed by atoms with Crippen molar-refractivity contribution in [1.82, 2.24) is 10.2 Å². The van der Waals surface area contributed by atoms with E-state index < -0.39 is 29.7 Å². The Morgan fingerprint density at radius 2 is 1.79 bits per heavy atom. The molecule has 2 aliphatic heterocycles. The number of aliphatic hydroxyl groups is 1. The Bertz CT molecular complexity index is 1140. The number of carbonyl (C=O) groups excluding carboxylic acids is 1. The van der Waals surface area contributed by atoms with Gasteiger partial charge in [0.2, 0.25) is 0 Å². The summed E-state index contributed by atoms with van der Waals surface area (Å²) in [4.78, 5) is 14.8. The van der Waals surface area contributed by atoms with E-state index in [1.54, 1.807) is 42.5 Å². The molecular formula is C25H26F2N2O5. The maximum Gasteiger partial charge on any atom is 0.380 e. The molecule has 2 aromatic carbocycles. The molecule has 2 aliphatic rings. The molecule has 1 saturated heterocycles. The first-order valence-electron chi connectivity index (χ1n) is 11.4. The van der Waals surface area contributed by atoms with Crippen LogP contribution in [0.1, 0.15) is 30.3 Å². The molecule has 1 amide bonds. The zero-order chi connectivity index (χ0) is 23.7.